The third kappa shape index (κ3) is 4.66. The largest absolute Gasteiger partial charge is 0.507 e. The van der Waals surface area contributed by atoms with Gasteiger partial charge in [-0.2, -0.15) is 0 Å². The predicted molar refractivity (Wildman–Crippen MR) is 130 cm³/mol. The van der Waals surface area contributed by atoms with Gasteiger partial charge in [-0.15, -0.1) is 0 Å². The fourth-order valence-corrected chi connectivity index (χ4v) is 4.19. The van der Waals surface area contributed by atoms with Crippen molar-refractivity contribution in [2.24, 2.45) is 0 Å². The Morgan fingerprint density at radius 2 is 1.68 bits per heavy atom. The Balaban J connectivity index is 1.77. The van der Waals surface area contributed by atoms with E-state index in [4.69, 9.17) is 9.47 Å². The van der Waals surface area contributed by atoms with Gasteiger partial charge >= 0.3 is 0 Å². The first-order valence-corrected chi connectivity index (χ1v) is 11.2. The van der Waals surface area contributed by atoms with E-state index in [2.05, 4.69) is 0 Å². The SMILES string of the molecule is CCOc1ccc(C(O)=C2C(=O)C(=O)N(CCc3ccccc3)C2c2cccc(OC)c2)cc1. The summed E-state index contributed by atoms with van der Waals surface area (Å²) in [5.74, 6) is -0.279. The summed E-state index contributed by atoms with van der Waals surface area (Å²) >= 11 is 0. The van der Waals surface area contributed by atoms with Crippen LogP contribution in [0.25, 0.3) is 5.76 Å². The number of ether oxygens (including phenoxy) is 2. The smallest absolute Gasteiger partial charge is 0.295 e. The molecule has 0 radical (unpaired) electrons. The number of likely N-dealkylation sites (tertiary alicyclic amines) is 1. The number of ketones is 1. The van der Waals surface area contributed by atoms with Gasteiger partial charge in [0.25, 0.3) is 11.7 Å². The zero-order valence-corrected chi connectivity index (χ0v) is 19.2. The second-order valence-electron chi connectivity index (χ2n) is 7.96. The van der Waals surface area contributed by atoms with Gasteiger partial charge in [-0.3, -0.25) is 9.59 Å². The van der Waals surface area contributed by atoms with E-state index < -0.39 is 17.7 Å². The number of aliphatic hydroxyl groups excluding tert-OH is 1. The first kappa shape index (κ1) is 23.1. The van der Waals surface area contributed by atoms with E-state index in [9.17, 15) is 14.7 Å². The molecule has 6 heteroatoms. The molecule has 0 saturated carbocycles. The van der Waals surface area contributed by atoms with Crippen LogP contribution in [0, 0.1) is 0 Å². The van der Waals surface area contributed by atoms with Crippen LogP contribution in [0.15, 0.2) is 84.4 Å². The second kappa shape index (κ2) is 10.3. The minimum atomic E-state index is -0.731. The van der Waals surface area contributed by atoms with Crippen molar-refractivity contribution in [2.45, 2.75) is 19.4 Å². The zero-order valence-electron chi connectivity index (χ0n) is 19.2. The molecule has 0 bridgehead atoms. The number of benzene rings is 3. The monoisotopic (exact) mass is 457 g/mol. The van der Waals surface area contributed by atoms with Crippen molar-refractivity contribution in [3.63, 3.8) is 0 Å². The standard InChI is InChI=1S/C28H27NO5/c1-3-34-22-14-12-20(13-15-22)26(30)24-25(21-10-7-11-23(18-21)33-2)29(28(32)27(24)31)17-16-19-8-5-4-6-9-19/h4-15,18,25,30H,3,16-17H2,1-2H3. The van der Waals surface area contributed by atoms with E-state index in [1.54, 1.807) is 43.5 Å². The molecule has 3 aromatic carbocycles. The van der Waals surface area contributed by atoms with E-state index in [-0.39, 0.29) is 11.3 Å². The highest BCUT2D eigenvalue weighted by atomic mass is 16.5. The Hall–Kier alpha value is -4.06. The number of carbonyl (C=O) groups is 2. The molecule has 6 nitrogen and oxygen atoms in total. The van der Waals surface area contributed by atoms with Crippen LogP contribution in [0.5, 0.6) is 11.5 Å². The van der Waals surface area contributed by atoms with E-state index in [0.717, 1.165) is 5.56 Å². The molecule has 0 aromatic heterocycles. The summed E-state index contributed by atoms with van der Waals surface area (Å²) in [6.45, 7) is 2.74. The number of carbonyl (C=O) groups excluding carboxylic acids is 2. The van der Waals surface area contributed by atoms with Gasteiger partial charge in [0, 0.05) is 12.1 Å². The molecule has 1 atom stereocenters. The molecule has 1 heterocycles. The minimum Gasteiger partial charge on any atom is -0.507 e. The lowest BCUT2D eigenvalue weighted by molar-refractivity contribution is -0.139. The Labute approximate surface area is 199 Å². The van der Waals surface area contributed by atoms with Gasteiger partial charge in [0.1, 0.15) is 17.3 Å². The minimum absolute atomic E-state index is 0.0653. The summed E-state index contributed by atoms with van der Waals surface area (Å²) in [6.07, 6.45) is 0.581. The first-order valence-electron chi connectivity index (χ1n) is 11.2. The highest BCUT2D eigenvalue weighted by molar-refractivity contribution is 6.46. The highest BCUT2D eigenvalue weighted by Gasteiger charge is 2.45. The molecule has 1 saturated heterocycles. The topological polar surface area (TPSA) is 76.1 Å². The molecule has 4 rings (SSSR count). The average molecular weight is 458 g/mol. The predicted octanol–water partition coefficient (Wildman–Crippen LogP) is 4.76. The summed E-state index contributed by atoms with van der Waals surface area (Å²) in [5, 5.41) is 11.2. The van der Waals surface area contributed by atoms with Gasteiger partial charge in [0.05, 0.1) is 25.3 Å². The van der Waals surface area contributed by atoms with Crippen LogP contribution in [0.1, 0.15) is 29.7 Å². The van der Waals surface area contributed by atoms with Gasteiger partial charge < -0.3 is 19.5 Å². The lowest BCUT2D eigenvalue weighted by Crippen LogP contribution is -2.31. The van der Waals surface area contributed by atoms with E-state index in [1.165, 1.54) is 4.90 Å². The molecule has 1 aliphatic rings. The number of hydrogen-bond donors (Lipinski definition) is 1. The van der Waals surface area contributed by atoms with Gasteiger partial charge in [-0.1, -0.05) is 42.5 Å². The van der Waals surface area contributed by atoms with E-state index in [1.807, 2.05) is 49.4 Å². The van der Waals surface area contributed by atoms with Crippen LogP contribution in [-0.4, -0.2) is 42.0 Å². The number of rotatable bonds is 8. The molecule has 1 N–H and O–H groups in total. The third-order valence-electron chi connectivity index (χ3n) is 5.87. The molecular weight excluding hydrogens is 430 g/mol. The number of Topliss-reactive ketones (excluding diaryl/α,β-unsaturated/α-hetero) is 1. The molecule has 3 aromatic rings. The van der Waals surface area contributed by atoms with Gasteiger partial charge in [0.2, 0.25) is 0 Å². The number of amides is 1. The van der Waals surface area contributed by atoms with Crippen LogP contribution < -0.4 is 9.47 Å². The second-order valence-corrected chi connectivity index (χ2v) is 7.96. The molecule has 174 valence electrons. The first-order chi connectivity index (χ1) is 16.5. The Morgan fingerprint density at radius 1 is 0.941 bits per heavy atom. The molecule has 1 amide bonds. The van der Waals surface area contributed by atoms with Crippen molar-refractivity contribution in [1.82, 2.24) is 4.90 Å². The summed E-state index contributed by atoms with van der Waals surface area (Å²) in [4.78, 5) is 27.8. The summed E-state index contributed by atoms with van der Waals surface area (Å²) < 4.78 is 10.8. The van der Waals surface area contributed by atoms with Crippen molar-refractivity contribution in [3.8, 4) is 11.5 Å². The van der Waals surface area contributed by atoms with Gasteiger partial charge in [0.15, 0.2) is 0 Å². The molecule has 0 aliphatic carbocycles. The maximum atomic E-state index is 13.2. The fraction of sp³-hybridized carbons (Fsp3) is 0.214. The quantitative estimate of drug-likeness (QED) is 0.300. The van der Waals surface area contributed by atoms with Crippen molar-refractivity contribution < 1.29 is 24.2 Å². The van der Waals surface area contributed by atoms with Crippen LogP contribution in [0.3, 0.4) is 0 Å². The number of methoxy groups -OCH3 is 1. The molecule has 1 unspecified atom stereocenters. The molecule has 1 aliphatic heterocycles. The van der Waals surface area contributed by atoms with Crippen LogP contribution in [0.4, 0.5) is 0 Å². The van der Waals surface area contributed by atoms with Crippen LogP contribution >= 0.6 is 0 Å². The lowest BCUT2D eigenvalue weighted by atomic mass is 9.95. The summed E-state index contributed by atoms with van der Waals surface area (Å²) in [6, 6.07) is 23.1. The molecule has 34 heavy (non-hydrogen) atoms. The van der Waals surface area contributed by atoms with Crippen molar-refractivity contribution in [1.29, 1.82) is 0 Å². The third-order valence-corrected chi connectivity index (χ3v) is 5.87. The van der Waals surface area contributed by atoms with Crippen molar-refractivity contribution >= 4 is 17.4 Å². The Bertz CT molecular complexity index is 1200. The van der Waals surface area contributed by atoms with Crippen molar-refractivity contribution in [3.05, 3.63) is 101 Å². The highest BCUT2D eigenvalue weighted by Crippen LogP contribution is 2.40. The van der Waals surface area contributed by atoms with E-state index >= 15 is 0 Å². The lowest BCUT2D eigenvalue weighted by Gasteiger charge is -2.25. The average Bonchev–Trinajstić information content (AvgIpc) is 3.13. The van der Waals surface area contributed by atoms with Crippen LogP contribution in [0.2, 0.25) is 0 Å². The summed E-state index contributed by atoms with van der Waals surface area (Å²) in [5.41, 5.74) is 2.26. The summed E-state index contributed by atoms with van der Waals surface area (Å²) in [7, 11) is 1.56. The Kier molecular flexibility index (Phi) is 6.97. The molecule has 0 spiro atoms. The molecular formula is C28H27NO5. The zero-order chi connectivity index (χ0) is 24.1. The van der Waals surface area contributed by atoms with Crippen LogP contribution in [-0.2, 0) is 16.0 Å². The van der Waals surface area contributed by atoms with Gasteiger partial charge in [-0.05, 0) is 60.9 Å². The van der Waals surface area contributed by atoms with Gasteiger partial charge in [-0.25, -0.2) is 0 Å². The Morgan fingerprint density at radius 3 is 2.35 bits per heavy atom. The van der Waals surface area contributed by atoms with E-state index in [0.29, 0.717) is 42.2 Å². The van der Waals surface area contributed by atoms with Crippen molar-refractivity contribution in [2.75, 3.05) is 20.3 Å². The number of aliphatic hydroxyl groups is 1. The number of hydrogen-bond acceptors (Lipinski definition) is 5. The number of nitrogens with zero attached hydrogens (tertiary/aromatic N) is 1. The fourth-order valence-electron chi connectivity index (χ4n) is 4.19. The molecule has 1 fully saturated rings. The normalized spacial score (nSPS) is 17.1. The maximum Gasteiger partial charge on any atom is 0.295 e. The maximum absolute atomic E-state index is 13.2.